The van der Waals surface area contributed by atoms with E-state index in [1.54, 1.807) is 11.3 Å². The molecule has 0 bridgehead atoms. The van der Waals surface area contributed by atoms with Crippen LogP contribution in [0.25, 0.3) is 19.5 Å². The third-order valence-electron chi connectivity index (χ3n) is 2.25. The van der Waals surface area contributed by atoms with Crippen LogP contribution in [0, 0.1) is 11.3 Å². The van der Waals surface area contributed by atoms with Gasteiger partial charge in [0.25, 0.3) is 0 Å². The number of rotatable bonds is 0. The van der Waals surface area contributed by atoms with Crippen molar-refractivity contribution in [1.82, 2.24) is 0 Å². The number of thiophene rings is 2. The Balaban J connectivity index is 2.56. The van der Waals surface area contributed by atoms with Crippen molar-refractivity contribution in [3.05, 3.63) is 34.2 Å². The predicted molar refractivity (Wildman–Crippen MR) is 66.9 cm³/mol. The Labute approximate surface area is 99.1 Å². The van der Waals surface area contributed by atoms with Crippen LogP contribution in [0.5, 0.6) is 0 Å². The van der Waals surface area contributed by atoms with Crippen molar-refractivity contribution in [1.29, 1.82) is 5.26 Å². The molecule has 1 nitrogen and oxygen atoms in total. The molecule has 15 heavy (non-hydrogen) atoms. The molecule has 72 valence electrons. The third kappa shape index (κ3) is 1.19. The molecule has 0 N–H and O–H groups in total. The molecule has 1 aromatic carbocycles. The van der Waals surface area contributed by atoms with Crippen molar-refractivity contribution in [2.75, 3.05) is 0 Å². The van der Waals surface area contributed by atoms with Crippen molar-refractivity contribution in [3.63, 3.8) is 0 Å². The molecular formula is C11H4ClNS2. The first-order valence-electron chi connectivity index (χ1n) is 4.31. The van der Waals surface area contributed by atoms with Gasteiger partial charge in [0, 0.05) is 10.1 Å². The summed E-state index contributed by atoms with van der Waals surface area (Å²) in [7, 11) is 0. The van der Waals surface area contributed by atoms with E-state index in [0.717, 1.165) is 9.40 Å². The van der Waals surface area contributed by atoms with Gasteiger partial charge < -0.3 is 0 Å². The van der Waals surface area contributed by atoms with E-state index in [2.05, 4.69) is 18.2 Å². The van der Waals surface area contributed by atoms with Crippen LogP contribution in [0.2, 0.25) is 5.02 Å². The molecule has 2 aromatic heterocycles. The zero-order valence-electron chi connectivity index (χ0n) is 7.45. The lowest BCUT2D eigenvalue weighted by Crippen LogP contribution is -1.60. The summed E-state index contributed by atoms with van der Waals surface area (Å²) in [6, 6.07) is 10.3. The third-order valence-corrected chi connectivity index (χ3v) is 5.30. The van der Waals surface area contributed by atoms with E-state index >= 15 is 0 Å². The molecule has 0 spiro atoms. The predicted octanol–water partition coefficient (Wildman–Crippen LogP) is 4.64. The molecule has 3 rings (SSSR count). The molecule has 3 aromatic rings. The molecule has 0 aliphatic heterocycles. The summed E-state index contributed by atoms with van der Waals surface area (Å²) in [5.41, 5.74) is 0. The quantitative estimate of drug-likeness (QED) is 0.569. The highest BCUT2D eigenvalue weighted by atomic mass is 35.5. The molecule has 4 heteroatoms. The van der Waals surface area contributed by atoms with E-state index in [0.29, 0.717) is 9.90 Å². The average molecular weight is 250 g/mol. The van der Waals surface area contributed by atoms with Gasteiger partial charge in [-0.15, -0.1) is 22.7 Å². The van der Waals surface area contributed by atoms with Crippen molar-refractivity contribution in [2.24, 2.45) is 0 Å². The molecular weight excluding hydrogens is 246 g/mol. The van der Waals surface area contributed by atoms with Gasteiger partial charge in [0.1, 0.15) is 10.9 Å². The molecule has 0 amide bonds. The fourth-order valence-corrected chi connectivity index (χ4v) is 4.36. The normalized spacial score (nSPS) is 10.9. The number of hydrogen-bond donors (Lipinski definition) is 0. The first kappa shape index (κ1) is 9.17. The van der Waals surface area contributed by atoms with Gasteiger partial charge in [-0.2, -0.15) is 5.26 Å². The minimum Gasteiger partial charge on any atom is -0.191 e. The van der Waals surface area contributed by atoms with E-state index in [1.807, 2.05) is 12.1 Å². The second-order valence-corrected chi connectivity index (χ2v) is 5.56. The Morgan fingerprint density at radius 1 is 1.13 bits per heavy atom. The van der Waals surface area contributed by atoms with Gasteiger partial charge in [0.15, 0.2) is 0 Å². The van der Waals surface area contributed by atoms with Gasteiger partial charge in [-0.1, -0.05) is 29.8 Å². The Kier molecular flexibility index (Phi) is 1.96. The van der Waals surface area contributed by atoms with Gasteiger partial charge in [-0.05, 0) is 6.07 Å². The van der Waals surface area contributed by atoms with Gasteiger partial charge in [0.05, 0.1) is 14.4 Å². The smallest absolute Gasteiger partial charge is 0.125 e. The van der Waals surface area contributed by atoms with Crippen LogP contribution in [0.15, 0.2) is 24.3 Å². The highest BCUT2D eigenvalue weighted by Crippen LogP contribution is 2.44. The molecule has 0 saturated heterocycles. The van der Waals surface area contributed by atoms with E-state index in [1.165, 1.54) is 21.4 Å². The maximum Gasteiger partial charge on any atom is 0.125 e. The Morgan fingerprint density at radius 2 is 1.93 bits per heavy atom. The molecule has 0 saturated carbocycles. The minimum absolute atomic E-state index is 0.610. The van der Waals surface area contributed by atoms with E-state index in [4.69, 9.17) is 16.9 Å². The van der Waals surface area contributed by atoms with Crippen LogP contribution in [-0.2, 0) is 0 Å². The monoisotopic (exact) mass is 249 g/mol. The van der Waals surface area contributed by atoms with Gasteiger partial charge in [0.2, 0.25) is 0 Å². The first-order valence-corrected chi connectivity index (χ1v) is 6.32. The molecule has 2 heterocycles. The fraction of sp³-hybridized carbons (Fsp3) is 0. The molecule has 0 unspecified atom stereocenters. The van der Waals surface area contributed by atoms with Crippen LogP contribution in [-0.4, -0.2) is 0 Å². The summed E-state index contributed by atoms with van der Waals surface area (Å²) in [5, 5.41) is 10.7. The summed E-state index contributed by atoms with van der Waals surface area (Å²) in [4.78, 5) is 0.615. The lowest BCUT2D eigenvalue weighted by atomic mass is 10.2. The van der Waals surface area contributed by atoms with E-state index in [-0.39, 0.29) is 0 Å². The highest BCUT2D eigenvalue weighted by molar-refractivity contribution is 7.33. The zero-order valence-corrected chi connectivity index (χ0v) is 9.84. The van der Waals surface area contributed by atoms with Crippen LogP contribution in [0.3, 0.4) is 0 Å². The molecule has 0 aliphatic rings. The highest BCUT2D eigenvalue weighted by Gasteiger charge is 2.14. The topological polar surface area (TPSA) is 23.8 Å². The first-order chi connectivity index (χ1) is 7.31. The lowest BCUT2D eigenvalue weighted by molar-refractivity contribution is 1.52. The second-order valence-electron chi connectivity index (χ2n) is 3.11. The van der Waals surface area contributed by atoms with Crippen LogP contribution < -0.4 is 0 Å². The minimum atomic E-state index is 0.610. The summed E-state index contributed by atoms with van der Waals surface area (Å²) in [6.45, 7) is 0. The fourth-order valence-electron chi connectivity index (χ4n) is 1.59. The van der Waals surface area contributed by atoms with Crippen molar-refractivity contribution < 1.29 is 0 Å². The summed E-state index contributed by atoms with van der Waals surface area (Å²) in [5.74, 6) is 0. The SMILES string of the molecule is N#Cc1sc2c(sc3ccccc32)c1Cl. The van der Waals surface area contributed by atoms with Crippen molar-refractivity contribution in [3.8, 4) is 6.07 Å². The maximum atomic E-state index is 8.89. The van der Waals surface area contributed by atoms with Gasteiger partial charge in [-0.25, -0.2) is 0 Å². The molecule has 0 aliphatic carbocycles. The lowest BCUT2D eigenvalue weighted by Gasteiger charge is -1.85. The molecule has 0 radical (unpaired) electrons. The molecule has 0 atom stereocenters. The number of nitrogens with zero attached hydrogens (tertiary/aromatic N) is 1. The summed E-state index contributed by atoms with van der Waals surface area (Å²) < 4.78 is 3.40. The average Bonchev–Trinajstić information content (AvgIpc) is 2.76. The standard InChI is InChI=1S/C11H4ClNS2/c12-9-8(5-13)15-10-6-3-1-2-4-7(6)14-11(9)10/h1-4H. The largest absolute Gasteiger partial charge is 0.191 e. The van der Waals surface area contributed by atoms with Gasteiger partial charge >= 0.3 is 0 Å². The Hall–Kier alpha value is -1.08. The van der Waals surface area contributed by atoms with E-state index in [9.17, 15) is 0 Å². The Morgan fingerprint density at radius 3 is 2.73 bits per heavy atom. The zero-order chi connectivity index (χ0) is 10.4. The number of hydrogen-bond acceptors (Lipinski definition) is 3. The van der Waals surface area contributed by atoms with Crippen LogP contribution in [0.4, 0.5) is 0 Å². The molecule has 0 fully saturated rings. The van der Waals surface area contributed by atoms with Crippen molar-refractivity contribution >= 4 is 53.8 Å². The number of benzene rings is 1. The number of fused-ring (bicyclic) bond motifs is 3. The van der Waals surface area contributed by atoms with Crippen LogP contribution >= 0.6 is 34.3 Å². The van der Waals surface area contributed by atoms with Gasteiger partial charge in [-0.3, -0.25) is 0 Å². The Bertz CT molecular complexity index is 702. The summed E-state index contributed by atoms with van der Waals surface area (Å²) in [6.07, 6.45) is 0. The second kappa shape index (κ2) is 3.21. The number of nitriles is 1. The van der Waals surface area contributed by atoms with Crippen LogP contribution in [0.1, 0.15) is 4.88 Å². The van der Waals surface area contributed by atoms with Crippen molar-refractivity contribution in [2.45, 2.75) is 0 Å². The maximum absolute atomic E-state index is 8.89. The number of halogens is 1. The summed E-state index contributed by atoms with van der Waals surface area (Å²) >= 11 is 9.26. The van der Waals surface area contributed by atoms with E-state index < -0.39 is 0 Å².